The van der Waals surface area contributed by atoms with Crippen molar-refractivity contribution in [2.45, 2.75) is 60.5 Å². The van der Waals surface area contributed by atoms with Crippen LogP contribution in [0.3, 0.4) is 0 Å². The molecule has 0 bridgehead atoms. The number of nitrogens with one attached hydrogen (secondary N) is 1. The van der Waals surface area contributed by atoms with Gasteiger partial charge in [-0.25, -0.2) is 9.97 Å². The summed E-state index contributed by atoms with van der Waals surface area (Å²) in [6, 6.07) is 0.588. The van der Waals surface area contributed by atoms with E-state index in [2.05, 4.69) is 20.4 Å². The van der Waals surface area contributed by atoms with E-state index in [0.29, 0.717) is 6.04 Å². The van der Waals surface area contributed by atoms with Gasteiger partial charge >= 0.3 is 0 Å². The average molecular weight is 461 g/mol. The molecule has 158 valence electrons. The molecule has 2 aliphatic carbocycles. The smallest absolute Gasteiger partial charge is 0.206 e. The molecule has 0 amide bonds. The Kier molecular flexibility index (Phi) is 5.36. The number of nitrogens with zero attached hydrogens (tertiary/aromatic N) is 5. The van der Waals surface area contributed by atoms with Crippen LogP contribution in [-0.2, 0) is 24.1 Å². The van der Waals surface area contributed by atoms with Crippen LogP contribution < -0.4 is 5.32 Å². The first-order valence-corrected chi connectivity index (χ1v) is 13.2. The van der Waals surface area contributed by atoms with Gasteiger partial charge in [0.1, 0.15) is 15.7 Å². The maximum absolute atomic E-state index is 5.50. The number of hydrogen-bond acceptors (Lipinski definition) is 10. The fraction of sp³-hybridized carbons (Fsp3) is 0.600. The monoisotopic (exact) mass is 460 g/mol. The van der Waals surface area contributed by atoms with E-state index in [9.17, 15) is 0 Å². The number of morpholine rings is 1. The van der Waals surface area contributed by atoms with E-state index < -0.39 is 0 Å². The normalized spacial score (nSPS) is 19.9. The number of ether oxygens (including phenoxy) is 1. The molecule has 3 aromatic rings. The molecule has 0 radical (unpaired) electrons. The number of fused-ring (bicyclic) bond motifs is 3. The highest BCUT2D eigenvalue weighted by molar-refractivity contribution is 8.01. The van der Waals surface area contributed by atoms with Crippen molar-refractivity contribution in [2.24, 2.45) is 0 Å². The van der Waals surface area contributed by atoms with E-state index in [1.54, 1.807) is 23.1 Å². The van der Waals surface area contributed by atoms with Gasteiger partial charge in [0.2, 0.25) is 5.13 Å². The van der Waals surface area contributed by atoms with E-state index in [1.807, 2.05) is 11.3 Å². The van der Waals surface area contributed by atoms with Crippen LogP contribution >= 0.6 is 34.4 Å². The zero-order valence-electron chi connectivity index (χ0n) is 16.7. The summed E-state index contributed by atoms with van der Waals surface area (Å²) < 4.78 is 6.45. The predicted molar refractivity (Wildman–Crippen MR) is 121 cm³/mol. The molecule has 7 nitrogen and oxygen atoms in total. The zero-order valence-corrected chi connectivity index (χ0v) is 19.2. The Balaban J connectivity index is 1.34. The summed E-state index contributed by atoms with van der Waals surface area (Å²) in [6.45, 7) is 4.24. The number of aromatic nitrogens is 4. The first-order chi connectivity index (χ1) is 14.8. The highest BCUT2D eigenvalue weighted by atomic mass is 32.2. The molecule has 1 saturated carbocycles. The lowest BCUT2D eigenvalue weighted by atomic mass is 9.97. The van der Waals surface area contributed by atoms with Crippen molar-refractivity contribution in [3.05, 3.63) is 16.3 Å². The third-order valence-electron chi connectivity index (χ3n) is 5.79. The van der Waals surface area contributed by atoms with Crippen molar-refractivity contribution in [1.29, 1.82) is 0 Å². The Bertz CT molecular complexity index is 1060. The van der Waals surface area contributed by atoms with Gasteiger partial charge in [0, 0.05) is 29.4 Å². The van der Waals surface area contributed by atoms with E-state index in [1.165, 1.54) is 47.9 Å². The summed E-state index contributed by atoms with van der Waals surface area (Å²) >= 11 is 5.16. The molecule has 0 aromatic carbocycles. The molecule has 1 saturated heterocycles. The lowest BCUT2D eigenvalue weighted by Crippen LogP contribution is -2.36. The molecule has 6 rings (SSSR count). The topological polar surface area (TPSA) is 76.1 Å². The number of aryl methyl sites for hydroxylation is 2. The van der Waals surface area contributed by atoms with Crippen LogP contribution in [0.25, 0.3) is 10.2 Å². The molecule has 0 atom stereocenters. The number of thiophene rings is 1. The summed E-state index contributed by atoms with van der Waals surface area (Å²) in [6.07, 6.45) is 7.32. The highest BCUT2D eigenvalue weighted by Crippen LogP contribution is 2.42. The summed E-state index contributed by atoms with van der Waals surface area (Å²) in [5.41, 5.74) is 1.47. The van der Waals surface area contributed by atoms with E-state index in [0.717, 1.165) is 64.4 Å². The largest absolute Gasteiger partial charge is 0.379 e. The van der Waals surface area contributed by atoms with Gasteiger partial charge in [-0.05, 0) is 55.9 Å². The number of rotatable bonds is 6. The standard InChI is InChI=1S/C20H24N6OS3/c1-2-4-14-13(3-1)16-17(28-14)22-15(11-26-7-9-27-10-8-26)23-18(16)29-20-25-24-19(30-20)21-12-5-6-12/h12H,1-11H2,(H,21,24). The highest BCUT2D eigenvalue weighted by Gasteiger charge is 2.25. The molecular weight excluding hydrogens is 436 g/mol. The Labute approximate surface area is 187 Å². The summed E-state index contributed by atoms with van der Waals surface area (Å²) in [4.78, 5) is 15.1. The van der Waals surface area contributed by atoms with Gasteiger partial charge in [0.25, 0.3) is 0 Å². The second-order valence-corrected chi connectivity index (χ2v) is 11.4. The molecule has 10 heteroatoms. The van der Waals surface area contributed by atoms with Crippen LogP contribution in [-0.4, -0.2) is 57.4 Å². The van der Waals surface area contributed by atoms with Crippen LogP contribution in [0.5, 0.6) is 0 Å². The van der Waals surface area contributed by atoms with Gasteiger partial charge in [-0.1, -0.05) is 11.3 Å². The maximum Gasteiger partial charge on any atom is 0.206 e. The first kappa shape index (κ1) is 19.4. The van der Waals surface area contributed by atoms with Gasteiger partial charge < -0.3 is 10.1 Å². The van der Waals surface area contributed by atoms with Crippen LogP contribution in [0.1, 0.15) is 41.9 Å². The van der Waals surface area contributed by atoms with Gasteiger partial charge in [0.05, 0.1) is 19.8 Å². The zero-order chi connectivity index (χ0) is 19.9. The van der Waals surface area contributed by atoms with Crippen molar-refractivity contribution in [3.63, 3.8) is 0 Å². The third-order valence-corrected chi connectivity index (χ3v) is 8.87. The van der Waals surface area contributed by atoms with Crippen LogP contribution in [0.15, 0.2) is 9.37 Å². The molecule has 0 unspecified atom stereocenters. The molecule has 0 spiro atoms. The van der Waals surface area contributed by atoms with Crippen molar-refractivity contribution in [2.75, 3.05) is 31.6 Å². The van der Waals surface area contributed by atoms with Crippen molar-refractivity contribution < 1.29 is 4.74 Å². The minimum absolute atomic E-state index is 0.588. The van der Waals surface area contributed by atoms with Gasteiger partial charge in [-0.15, -0.1) is 21.5 Å². The lowest BCUT2D eigenvalue weighted by molar-refractivity contribution is 0.0330. The molecular formula is C20H24N6OS3. The Morgan fingerprint density at radius 3 is 2.80 bits per heavy atom. The third kappa shape index (κ3) is 4.08. The first-order valence-electron chi connectivity index (χ1n) is 10.7. The fourth-order valence-electron chi connectivity index (χ4n) is 4.06. The molecule has 1 aliphatic heterocycles. The minimum Gasteiger partial charge on any atom is -0.379 e. The fourth-order valence-corrected chi connectivity index (χ4v) is 7.32. The van der Waals surface area contributed by atoms with Crippen LogP contribution in [0, 0.1) is 0 Å². The number of hydrogen-bond donors (Lipinski definition) is 1. The van der Waals surface area contributed by atoms with Crippen LogP contribution in [0.4, 0.5) is 5.13 Å². The van der Waals surface area contributed by atoms with E-state index in [4.69, 9.17) is 14.7 Å². The Hall–Kier alpha value is -1.33. The molecule has 2 fully saturated rings. The second kappa shape index (κ2) is 8.31. The quantitative estimate of drug-likeness (QED) is 0.554. The summed E-state index contributed by atoms with van der Waals surface area (Å²) in [7, 11) is 0. The Morgan fingerprint density at radius 1 is 1.07 bits per heavy atom. The Morgan fingerprint density at radius 2 is 1.93 bits per heavy atom. The van der Waals surface area contributed by atoms with Crippen molar-refractivity contribution >= 4 is 49.8 Å². The molecule has 30 heavy (non-hydrogen) atoms. The summed E-state index contributed by atoms with van der Waals surface area (Å²) in [5.74, 6) is 0.909. The van der Waals surface area contributed by atoms with Crippen LogP contribution in [0.2, 0.25) is 0 Å². The molecule has 4 heterocycles. The molecule has 3 aromatic heterocycles. The molecule has 1 N–H and O–H groups in total. The lowest BCUT2D eigenvalue weighted by Gasteiger charge is -2.25. The van der Waals surface area contributed by atoms with Gasteiger partial charge in [-0.2, -0.15) is 0 Å². The second-order valence-electron chi connectivity index (χ2n) is 8.12. The SMILES string of the molecule is C1CCc2c(sc3nc(CN4CCOCC4)nc(Sc4nnc(NC5CC5)s4)c23)C1. The van der Waals surface area contributed by atoms with Gasteiger partial charge in [-0.3, -0.25) is 4.90 Å². The maximum atomic E-state index is 5.50. The van der Waals surface area contributed by atoms with Crippen molar-refractivity contribution in [1.82, 2.24) is 25.1 Å². The van der Waals surface area contributed by atoms with E-state index in [-0.39, 0.29) is 0 Å². The minimum atomic E-state index is 0.588. The average Bonchev–Trinajstić information content (AvgIpc) is 3.33. The predicted octanol–water partition coefficient (Wildman–Crippen LogP) is 3.98. The molecule has 3 aliphatic rings. The van der Waals surface area contributed by atoms with Crippen molar-refractivity contribution in [3.8, 4) is 0 Å². The van der Waals surface area contributed by atoms with E-state index >= 15 is 0 Å². The van der Waals surface area contributed by atoms with Gasteiger partial charge in [0.15, 0.2) is 4.34 Å². The summed E-state index contributed by atoms with van der Waals surface area (Å²) in [5, 5.41) is 15.5. The number of anilines is 1.